The first-order chi connectivity index (χ1) is 8.69. The highest BCUT2D eigenvalue weighted by Crippen LogP contribution is 2.16. The molecule has 0 aliphatic rings. The maximum Gasteiger partial charge on any atom is 0.162 e. The standard InChI is InChI=1S/C12H10ClF2NOS/c13-6-8-7-18-12(16-8)3-4-17-9-1-2-10(14)11(15)5-9/h1-2,5,7H,3-4,6H2. The van der Waals surface area contributed by atoms with Crippen LogP contribution in [0.25, 0.3) is 0 Å². The average molecular weight is 290 g/mol. The lowest BCUT2D eigenvalue weighted by Crippen LogP contribution is -2.01. The van der Waals surface area contributed by atoms with Gasteiger partial charge in [-0.05, 0) is 12.1 Å². The number of alkyl halides is 1. The molecular formula is C12H10ClF2NOS. The highest BCUT2D eigenvalue weighted by atomic mass is 35.5. The van der Waals surface area contributed by atoms with Gasteiger partial charge in [0.1, 0.15) is 5.75 Å². The molecule has 18 heavy (non-hydrogen) atoms. The third-order valence-corrected chi connectivity index (χ3v) is 3.44. The van der Waals surface area contributed by atoms with Crippen molar-refractivity contribution in [3.63, 3.8) is 0 Å². The van der Waals surface area contributed by atoms with Gasteiger partial charge in [0, 0.05) is 17.9 Å². The first-order valence-corrected chi connectivity index (χ1v) is 6.67. The van der Waals surface area contributed by atoms with E-state index in [1.165, 1.54) is 17.4 Å². The number of halogens is 3. The number of hydrogen-bond donors (Lipinski definition) is 0. The molecule has 2 aromatic rings. The molecular weight excluding hydrogens is 280 g/mol. The van der Waals surface area contributed by atoms with Crippen LogP contribution < -0.4 is 4.74 Å². The number of rotatable bonds is 5. The largest absolute Gasteiger partial charge is 0.493 e. The molecule has 0 spiro atoms. The van der Waals surface area contributed by atoms with Gasteiger partial charge in [0.15, 0.2) is 11.6 Å². The van der Waals surface area contributed by atoms with Crippen LogP contribution in [0.4, 0.5) is 8.78 Å². The summed E-state index contributed by atoms with van der Waals surface area (Å²) in [6.07, 6.45) is 0.612. The highest BCUT2D eigenvalue weighted by molar-refractivity contribution is 7.09. The summed E-state index contributed by atoms with van der Waals surface area (Å²) in [5.41, 5.74) is 0.837. The van der Waals surface area contributed by atoms with Gasteiger partial charge in [0.2, 0.25) is 0 Å². The lowest BCUT2D eigenvalue weighted by molar-refractivity contribution is 0.318. The van der Waals surface area contributed by atoms with Crippen molar-refractivity contribution in [1.82, 2.24) is 4.98 Å². The number of nitrogens with zero attached hydrogens (tertiary/aromatic N) is 1. The van der Waals surface area contributed by atoms with E-state index in [9.17, 15) is 8.78 Å². The van der Waals surface area contributed by atoms with Crippen LogP contribution in [0.15, 0.2) is 23.6 Å². The van der Waals surface area contributed by atoms with Crippen molar-refractivity contribution in [2.24, 2.45) is 0 Å². The fourth-order valence-corrected chi connectivity index (χ4v) is 2.36. The molecule has 0 fully saturated rings. The SMILES string of the molecule is Fc1ccc(OCCc2nc(CCl)cs2)cc1F. The molecule has 6 heteroatoms. The van der Waals surface area contributed by atoms with Crippen LogP contribution in [-0.2, 0) is 12.3 Å². The van der Waals surface area contributed by atoms with E-state index in [-0.39, 0.29) is 0 Å². The Bertz CT molecular complexity index is 533. The van der Waals surface area contributed by atoms with Crippen molar-refractivity contribution in [1.29, 1.82) is 0 Å². The Morgan fingerprint density at radius 3 is 2.78 bits per heavy atom. The lowest BCUT2D eigenvalue weighted by Gasteiger charge is -2.04. The summed E-state index contributed by atoms with van der Waals surface area (Å²) in [5.74, 6) is -1.09. The second-order valence-corrected chi connectivity index (χ2v) is 4.75. The van der Waals surface area contributed by atoms with Crippen LogP contribution in [0.3, 0.4) is 0 Å². The van der Waals surface area contributed by atoms with Gasteiger partial charge in [0.25, 0.3) is 0 Å². The maximum absolute atomic E-state index is 12.9. The first kappa shape index (κ1) is 13.2. The van der Waals surface area contributed by atoms with Gasteiger partial charge in [-0.2, -0.15) is 0 Å². The fourth-order valence-electron chi connectivity index (χ4n) is 1.35. The van der Waals surface area contributed by atoms with Crippen molar-refractivity contribution in [3.05, 3.63) is 45.9 Å². The van der Waals surface area contributed by atoms with Crippen LogP contribution in [-0.4, -0.2) is 11.6 Å². The number of hydrogen-bond acceptors (Lipinski definition) is 3. The Morgan fingerprint density at radius 2 is 2.11 bits per heavy atom. The molecule has 1 heterocycles. The summed E-state index contributed by atoms with van der Waals surface area (Å²) in [4.78, 5) is 4.26. The molecule has 0 saturated carbocycles. The third kappa shape index (κ3) is 3.40. The molecule has 0 atom stereocenters. The second-order valence-electron chi connectivity index (χ2n) is 3.54. The molecule has 2 rings (SSSR count). The summed E-state index contributed by atoms with van der Waals surface area (Å²) < 4.78 is 30.9. The molecule has 0 radical (unpaired) electrons. The Morgan fingerprint density at radius 1 is 1.28 bits per heavy atom. The van der Waals surface area contributed by atoms with Gasteiger partial charge in [-0.15, -0.1) is 22.9 Å². The third-order valence-electron chi connectivity index (χ3n) is 2.21. The topological polar surface area (TPSA) is 22.1 Å². The van der Waals surface area contributed by atoms with Crippen LogP contribution >= 0.6 is 22.9 Å². The van der Waals surface area contributed by atoms with E-state index in [1.807, 2.05) is 5.38 Å². The lowest BCUT2D eigenvalue weighted by atomic mass is 10.3. The molecule has 0 aliphatic heterocycles. The summed E-state index contributed by atoms with van der Waals surface area (Å²) in [7, 11) is 0. The minimum Gasteiger partial charge on any atom is -0.493 e. The average Bonchev–Trinajstić information content (AvgIpc) is 2.82. The zero-order valence-electron chi connectivity index (χ0n) is 9.33. The minimum absolute atomic E-state index is 0.308. The molecule has 0 aliphatic carbocycles. The Kier molecular flexibility index (Phi) is 4.49. The zero-order valence-corrected chi connectivity index (χ0v) is 10.9. The molecule has 0 saturated heterocycles. The summed E-state index contributed by atoms with van der Waals surface area (Å²) >= 11 is 7.14. The van der Waals surface area contributed by atoms with Crippen molar-refractivity contribution in [3.8, 4) is 5.75 Å². The Balaban J connectivity index is 1.86. The summed E-state index contributed by atoms with van der Waals surface area (Å²) in [6.45, 7) is 0.361. The van der Waals surface area contributed by atoms with Crippen LogP contribution in [0.2, 0.25) is 0 Å². The number of ether oxygens (including phenoxy) is 1. The summed E-state index contributed by atoms with van der Waals surface area (Å²) in [6, 6.07) is 3.46. The van der Waals surface area contributed by atoms with Crippen LogP contribution in [0.5, 0.6) is 5.75 Å². The van der Waals surface area contributed by atoms with Crippen molar-refractivity contribution in [2.45, 2.75) is 12.3 Å². The fraction of sp³-hybridized carbons (Fsp3) is 0.250. The number of benzene rings is 1. The van der Waals surface area contributed by atoms with Gasteiger partial charge in [-0.1, -0.05) is 0 Å². The predicted molar refractivity (Wildman–Crippen MR) is 67.2 cm³/mol. The molecule has 0 unspecified atom stereocenters. The minimum atomic E-state index is -0.911. The first-order valence-electron chi connectivity index (χ1n) is 5.26. The zero-order chi connectivity index (χ0) is 13.0. The molecule has 2 nitrogen and oxygen atoms in total. The molecule has 96 valence electrons. The normalized spacial score (nSPS) is 10.6. The number of aromatic nitrogens is 1. The van der Waals surface area contributed by atoms with E-state index in [2.05, 4.69) is 4.98 Å². The maximum atomic E-state index is 12.9. The van der Waals surface area contributed by atoms with Gasteiger partial charge in [-0.25, -0.2) is 13.8 Å². The second kappa shape index (κ2) is 6.11. The molecule has 0 amide bonds. The smallest absolute Gasteiger partial charge is 0.162 e. The molecule has 0 N–H and O–H groups in total. The number of thiazole rings is 1. The molecule has 1 aromatic heterocycles. The Hall–Kier alpha value is -1.20. The van der Waals surface area contributed by atoms with E-state index in [0.29, 0.717) is 24.7 Å². The van der Waals surface area contributed by atoms with E-state index >= 15 is 0 Å². The van der Waals surface area contributed by atoms with Crippen molar-refractivity contribution < 1.29 is 13.5 Å². The molecule has 0 bridgehead atoms. The van der Waals surface area contributed by atoms with E-state index in [4.69, 9.17) is 16.3 Å². The van der Waals surface area contributed by atoms with Gasteiger partial charge in [0.05, 0.1) is 23.2 Å². The van der Waals surface area contributed by atoms with Crippen LogP contribution in [0.1, 0.15) is 10.7 Å². The van der Waals surface area contributed by atoms with Crippen LogP contribution in [0, 0.1) is 11.6 Å². The van der Waals surface area contributed by atoms with Crippen molar-refractivity contribution in [2.75, 3.05) is 6.61 Å². The van der Waals surface area contributed by atoms with Crippen molar-refractivity contribution >= 4 is 22.9 Å². The van der Waals surface area contributed by atoms with Gasteiger partial charge in [-0.3, -0.25) is 0 Å². The monoisotopic (exact) mass is 289 g/mol. The van der Waals surface area contributed by atoms with Gasteiger partial charge < -0.3 is 4.74 Å². The summed E-state index contributed by atoms with van der Waals surface area (Å²) in [5, 5.41) is 2.80. The Labute approximate surface area is 112 Å². The van der Waals surface area contributed by atoms with E-state index in [1.54, 1.807) is 0 Å². The molecule has 1 aromatic carbocycles. The van der Waals surface area contributed by atoms with E-state index < -0.39 is 11.6 Å². The van der Waals surface area contributed by atoms with Gasteiger partial charge >= 0.3 is 0 Å². The quantitative estimate of drug-likeness (QED) is 0.782. The predicted octanol–water partition coefficient (Wildman–Crippen LogP) is 3.78. The highest BCUT2D eigenvalue weighted by Gasteiger charge is 2.04. The van der Waals surface area contributed by atoms with E-state index in [0.717, 1.165) is 22.8 Å².